The minimum absolute atomic E-state index is 0.0127. The lowest BCUT2D eigenvalue weighted by Gasteiger charge is -2.09. The van der Waals surface area contributed by atoms with Gasteiger partial charge in [0.2, 0.25) is 0 Å². The van der Waals surface area contributed by atoms with Gasteiger partial charge in [-0.1, -0.05) is 11.6 Å². The molecule has 2 aromatic carbocycles. The third kappa shape index (κ3) is 3.76. The van der Waals surface area contributed by atoms with Crippen LogP contribution in [0.5, 0.6) is 0 Å². The van der Waals surface area contributed by atoms with Crippen LogP contribution in [0.2, 0.25) is 5.02 Å². The first-order chi connectivity index (χ1) is 10.7. The van der Waals surface area contributed by atoms with Crippen LogP contribution >= 0.6 is 11.6 Å². The number of carbonyl (C=O) groups is 1. The number of hydrogen-bond donors (Lipinski definition) is 2. The normalized spacial score (nSPS) is 11.0. The molecule has 2 N–H and O–H groups in total. The van der Waals surface area contributed by atoms with Crippen molar-refractivity contribution in [2.75, 3.05) is 4.72 Å². The van der Waals surface area contributed by atoms with Crippen LogP contribution in [0.1, 0.15) is 10.4 Å². The average molecular weight is 357 g/mol. The Bertz CT molecular complexity index is 880. The Labute approximate surface area is 135 Å². The first-order valence-electron chi connectivity index (χ1n) is 6.01. The molecule has 0 radical (unpaired) electrons. The van der Waals surface area contributed by atoms with Gasteiger partial charge in [0.1, 0.15) is 4.90 Å². The molecule has 8 nitrogen and oxygen atoms in total. The van der Waals surface area contributed by atoms with E-state index < -0.39 is 31.5 Å². The lowest BCUT2D eigenvalue weighted by Crippen LogP contribution is -2.14. The summed E-state index contributed by atoms with van der Waals surface area (Å²) in [6, 6.07) is 7.99. The highest BCUT2D eigenvalue weighted by molar-refractivity contribution is 7.92. The van der Waals surface area contributed by atoms with Gasteiger partial charge in [0.25, 0.3) is 15.7 Å². The lowest BCUT2D eigenvalue weighted by atomic mass is 10.2. The molecular formula is C13H9ClN2O6S. The summed E-state index contributed by atoms with van der Waals surface area (Å²) in [6.45, 7) is 0. The highest BCUT2D eigenvalue weighted by Gasteiger charge is 2.21. The fourth-order valence-corrected chi connectivity index (χ4v) is 3.28. The molecule has 2 aromatic rings. The van der Waals surface area contributed by atoms with Gasteiger partial charge in [-0.3, -0.25) is 14.8 Å². The van der Waals surface area contributed by atoms with Crippen molar-refractivity contribution < 1.29 is 23.2 Å². The van der Waals surface area contributed by atoms with Crippen molar-refractivity contribution in [3.63, 3.8) is 0 Å². The molecule has 0 aliphatic heterocycles. The predicted molar refractivity (Wildman–Crippen MR) is 82.3 cm³/mol. The maximum absolute atomic E-state index is 12.3. The van der Waals surface area contributed by atoms with Crippen molar-refractivity contribution in [3.8, 4) is 0 Å². The largest absolute Gasteiger partial charge is 0.478 e. The Kier molecular flexibility index (Phi) is 4.52. The number of benzene rings is 2. The number of nitro groups is 1. The Hall–Kier alpha value is -2.65. The summed E-state index contributed by atoms with van der Waals surface area (Å²) in [6.07, 6.45) is 0. The van der Waals surface area contributed by atoms with Crippen LogP contribution in [0.15, 0.2) is 47.4 Å². The maximum atomic E-state index is 12.3. The van der Waals surface area contributed by atoms with Crippen LogP contribution in [0.3, 0.4) is 0 Å². The van der Waals surface area contributed by atoms with Crippen LogP contribution in [-0.4, -0.2) is 24.4 Å². The maximum Gasteiger partial charge on any atom is 0.335 e. The molecule has 0 atom stereocenters. The second-order valence-corrected chi connectivity index (χ2v) is 6.42. The molecule has 0 saturated heterocycles. The summed E-state index contributed by atoms with van der Waals surface area (Å²) >= 11 is 5.80. The van der Waals surface area contributed by atoms with E-state index in [4.69, 9.17) is 16.7 Å². The van der Waals surface area contributed by atoms with Crippen molar-refractivity contribution in [1.82, 2.24) is 0 Å². The molecule has 0 spiro atoms. The fraction of sp³-hybridized carbons (Fsp3) is 0. The number of rotatable bonds is 5. The minimum Gasteiger partial charge on any atom is -0.478 e. The van der Waals surface area contributed by atoms with E-state index in [9.17, 15) is 23.3 Å². The van der Waals surface area contributed by atoms with Crippen LogP contribution in [0, 0.1) is 10.1 Å². The number of nitrogens with one attached hydrogen (secondary N) is 1. The molecule has 0 aliphatic rings. The topological polar surface area (TPSA) is 127 Å². The van der Waals surface area contributed by atoms with Crippen molar-refractivity contribution in [2.24, 2.45) is 0 Å². The predicted octanol–water partition coefficient (Wildman–Crippen LogP) is 2.75. The van der Waals surface area contributed by atoms with Gasteiger partial charge in [-0.15, -0.1) is 0 Å². The second-order valence-electron chi connectivity index (χ2n) is 4.36. The summed E-state index contributed by atoms with van der Waals surface area (Å²) in [5, 5.41) is 19.4. The molecule has 0 aliphatic carbocycles. The zero-order valence-corrected chi connectivity index (χ0v) is 12.8. The monoisotopic (exact) mass is 356 g/mol. The number of nitro benzene ring substituents is 1. The fourth-order valence-electron chi connectivity index (χ4n) is 1.70. The number of anilines is 1. The van der Waals surface area contributed by atoms with Gasteiger partial charge in [0.15, 0.2) is 0 Å². The van der Waals surface area contributed by atoms with Crippen molar-refractivity contribution >= 4 is 39.0 Å². The van der Waals surface area contributed by atoms with E-state index in [1.807, 2.05) is 0 Å². The van der Waals surface area contributed by atoms with E-state index >= 15 is 0 Å². The molecule has 10 heteroatoms. The molecule has 0 heterocycles. The van der Waals surface area contributed by atoms with Crippen LogP contribution in [0.4, 0.5) is 11.4 Å². The molecule has 0 aromatic heterocycles. The molecule has 0 saturated carbocycles. The van der Waals surface area contributed by atoms with E-state index in [-0.39, 0.29) is 16.3 Å². The number of aromatic carboxylic acids is 1. The van der Waals surface area contributed by atoms with Crippen LogP contribution in [0.25, 0.3) is 0 Å². The molecular weight excluding hydrogens is 348 g/mol. The van der Waals surface area contributed by atoms with E-state index in [1.54, 1.807) is 0 Å². The summed E-state index contributed by atoms with van der Waals surface area (Å²) in [5.41, 5.74) is -0.338. The summed E-state index contributed by atoms with van der Waals surface area (Å²) in [4.78, 5) is 20.3. The van der Waals surface area contributed by atoms with E-state index in [0.717, 1.165) is 18.2 Å². The zero-order chi connectivity index (χ0) is 17.2. The third-order valence-corrected chi connectivity index (χ3v) is 4.66. The number of carboxylic acid groups (broad SMARTS) is 1. The van der Waals surface area contributed by atoms with Crippen LogP contribution < -0.4 is 4.72 Å². The highest BCUT2D eigenvalue weighted by atomic mass is 35.5. The number of hydrogen-bond acceptors (Lipinski definition) is 5. The molecule has 0 unspecified atom stereocenters. The van der Waals surface area contributed by atoms with Gasteiger partial charge in [0, 0.05) is 17.8 Å². The van der Waals surface area contributed by atoms with Crippen molar-refractivity contribution in [2.45, 2.75) is 4.90 Å². The number of carboxylic acids is 1. The second kappa shape index (κ2) is 6.23. The molecule has 0 bridgehead atoms. The zero-order valence-electron chi connectivity index (χ0n) is 11.3. The Morgan fingerprint density at radius 2 is 1.78 bits per heavy atom. The van der Waals surface area contributed by atoms with Gasteiger partial charge in [-0.25, -0.2) is 13.2 Å². The number of halogens is 1. The Balaban J connectivity index is 2.37. The highest BCUT2D eigenvalue weighted by Crippen LogP contribution is 2.27. The SMILES string of the molecule is O=C(O)c1ccc(NS(=O)(=O)c2cc([N+](=O)[O-])ccc2Cl)cc1. The minimum atomic E-state index is -4.17. The first kappa shape index (κ1) is 16.7. The van der Waals surface area contributed by atoms with E-state index in [1.165, 1.54) is 24.3 Å². The van der Waals surface area contributed by atoms with Gasteiger partial charge >= 0.3 is 5.97 Å². The molecule has 23 heavy (non-hydrogen) atoms. The van der Waals surface area contributed by atoms with Gasteiger partial charge in [-0.2, -0.15) is 0 Å². The first-order valence-corrected chi connectivity index (χ1v) is 7.87. The van der Waals surface area contributed by atoms with Crippen molar-refractivity contribution in [1.29, 1.82) is 0 Å². The van der Waals surface area contributed by atoms with Gasteiger partial charge in [-0.05, 0) is 30.3 Å². The molecule has 0 amide bonds. The molecule has 120 valence electrons. The number of nitrogens with zero attached hydrogens (tertiary/aromatic N) is 1. The van der Waals surface area contributed by atoms with Crippen molar-refractivity contribution in [3.05, 3.63) is 63.2 Å². The average Bonchev–Trinajstić information content (AvgIpc) is 2.47. The van der Waals surface area contributed by atoms with Gasteiger partial charge < -0.3 is 5.11 Å². The smallest absolute Gasteiger partial charge is 0.335 e. The lowest BCUT2D eigenvalue weighted by molar-refractivity contribution is -0.385. The third-order valence-electron chi connectivity index (χ3n) is 2.80. The number of sulfonamides is 1. The molecule has 2 rings (SSSR count). The van der Waals surface area contributed by atoms with Gasteiger partial charge in [0.05, 0.1) is 15.5 Å². The summed E-state index contributed by atoms with van der Waals surface area (Å²) in [7, 11) is -4.17. The summed E-state index contributed by atoms with van der Waals surface area (Å²) < 4.78 is 26.7. The van der Waals surface area contributed by atoms with E-state index in [2.05, 4.69) is 4.72 Å². The quantitative estimate of drug-likeness (QED) is 0.626. The number of non-ortho nitro benzene ring substituents is 1. The molecule has 0 fully saturated rings. The van der Waals surface area contributed by atoms with Crippen LogP contribution in [-0.2, 0) is 10.0 Å². The standard InChI is InChI=1S/C13H9ClN2O6S/c14-11-6-5-10(16(19)20)7-12(11)23(21,22)15-9-3-1-8(2-4-9)13(17)18/h1-7,15H,(H,17,18). The Morgan fingerprint density at radius 1 is 1.17 bits per heavy atom. The van der Waals surface area contributed by atoms with E-state index in [0.29, 0.717) is 0 Å². The Morgan fingerprint density at radius 3 is 2.30 bits per heavy atom. The summed E-state index contributed by atoms with van der Waals surface area (Å²) in [5.74, 6) is -1.15.